The minimum absolute atomic E-state index is 0.00687. The van der Waals surface area contributed by atoms with Crippen molar-refractivity contribution >= 4 is 27.1 Å². The highest BCUT2D eigenvalue weighted by Crippen LogP contribution is 2.27. The number of benzene rings is 2. The summed E-state index contributed by atoms with van der Waals surface area (Å²) in [6, 6.07) is 6.95. The quantitative estimate of drug-likeness (QED) is 0.884. The van der Waals surface area contributed by atoms with Crippen LogP contribution in [0.3, 0.4) is 0 Å². The van der Waals surface area contributed by atoms with Crippen molar-refractivity contribution in [3.8, 4) is 0 Å². The van der Waals surface area contributed by atoms with Crippen LogP contribution in [0.1, 0.15) is 5.56 Å². The molecule has 3 nitrogen and oxygen atoms in total. The fraction of sp³-hybridized carbons (Fsp3) is 0.0769. The maximum atomic E-state index is 13.1. The predicted octanol–water partition coefficient (Wildman–Crippen LogP) is 3.17. The molecule has 0 amide bonds. The Morgan fingerprint density at radius 1 is 1.05 bits per heavy atom. The zero-order chi connectivity index (χ0) is 14.9. The van der Waals surface area contributed by atoms with Gasteiger partial charge in [-0.2, -0.15) is 0 Å². The summed E-state index contributed by atoms with van der Waals surface area (Å²) in [5.41, 5.74) is 5.96. The largest absolute Gasteiger partial charge is 0.399 e. The molecule has 0 aliphatic heterocycles. The molecule has 2 aromatic rings. The SMILES string of the molecule is Nc1ccc(S(=O)(=O)Cc2ccc(F)c(F)c2)c(Cl)c1. The van der Waals surface area contributed by atoms with Crippen molar-refractivity contribution in [3.05, 3.63) is 58.6 Å². The fourth-order valence-electron chi connectivity index (χ4n) is 1.70. The lowest BCUT2D eigenvalue weighted by atomic mass is 10.2. The zero-order valence-corrected chi connectivity index (χ0v) is 11.7. The molecule has 0 aliphatic carbocycles. The summed E-state index contributed by atoms with van der Waals surface area (Å²) in [4.78, 5) is -0.0990. The summed E-state index contributed by atoms with van der Waals surface area (Å²) < 4.78 is 50.3. The van der Waals surface area contributed by atoms with Crippen molar-refractivity contribution in [1.82, 2.24) is 0 Å². The highest BCUT2D eigenvalue weighted by molar-refractivity contribution is 7.90. The first-order valence-electron chi connectivity index (χ1n) is 5.51. The molecule has 2 N–H and O–H groups in total. The molecule has 0 heterocycles. The lowest BCUT2D eigenvalue weighted by Gasteiger charge is -2.07. The van der Waals surface area contributed by atoms with Crippen molar-refractivity contribution in [2.24, 2.45) is 0 Å². The van der Waals surface area contributed by atoms with Gasteiger partial charge in [0.1, 0.15) is 0 Å². The molecule has 0 radical (unpaired) electrons. The molecule has 0 fully saturated rings. The van der Waals surface area contributed by atoms with Crippen LogP contribution in [-0.2, 0) is 15.6 Å². The number of halogens is 3. The smallest absolute Gasteiger partial charge is 0.183 e. The molecular weight excluding hydrogens is 308 g/mol. The van der Waals surface area contributed by atoms with Gasteiger partial charge in [0, 0.05) is 5.69 Å². The second-order valence-electron chi connectivity index (χ2n) is 4.20. The summed E-state index contributed by atoms with van der Waals surface area (Å²) in [5.74, 6) is -2.61. The van der Waals surface area contributed by atoms with E-state index in [4.69, 9.17) is 17.3 Å². The Kier molecular flexibility index (Phi) is 3.96. The number of nitrogen functional groups attached to an aromatic ring is 1. The molecule has 2 rings (SSSR count). The molecule has 0 bridgehead atoms. The maximum absolute atomic E-state index is 13.1. The van der Waals surface area contributed by atoms with Crippen molar-refractivity contribution in [2.45, 2.75) is 10.6 Å². The van der Waals surface area contributed by atoms with Gasteiger partial charge in [-0.3, -0.25) is 0 Å². The van der Waals surface area contributed by atoms with Gasteiger partial charge in [-0.1, -0.05) is 17.7 Å². The zero-order valence-electron chi connectivity index (χ0n) is 10.1. The van der Waals surface area contributed by atoms with E-state index in [-0.39, 0.29) is 15.5 Å². The van der Waals surface area contributed by atoms with Gasteiger partial charge in [-0.05, 0) is 35.9 Å². The van der Waals surface area contributed by atoms with Gasteiger partial charge >= 0.3 is 0 Å². The van der Waals surface area contributed by atoms with Gasteiger partial charge in [-0.15, -0.1) is 0 Å². The van der Waals surface area contributed by atoms with Crippen LogP contribution >= 0.6 is 11.6 Å². The topological polar surface area (TPSA) is 60.2 Å². The molecule has 0 saturated heterocycles. The van der Waals surface area contributed by atoms with E-state index in [9.17, 15) is 17.2 Å². The number of nitrogens with two attached hydrogens (primary N) is 1. The molecule has 0 spiro atoms. The van der Waals surface area contributed by atoms with Crippen LogP contribution in [-0.4, -0.2) is 8.42 Å². The van der Waals surface area contributed by atoms with E-state index >= 15 is 0 Å². The lowest BCUT2D eigenvalue weighted by molar-refractivity contribution is 0.507. The maximum Gasteiger partial charge on any atom is 0.183 e. The van der Waals surface area contributed by atoms with Gasteiger partial charge in [0.2, 0.25) is 0 Å². The van der Waals surface area contributed by atoms with E-state index in [1.165, 1.54) is 24.3 Å². The Morgan fingerprint density at radius 3 is 2.35 bits per heavy atom. The predicted molar refractivity (Wildman–Crippen MR) is 73.1 cm³/mol. The molecule has 0 saturated carbocycles. The molecule has 0 aliphatic rings. The third kappa shape index (κ3) is 3.08. The van der Waals surface area contributed by atoms with Crippen LogP contribution in [0.2, 0.25) is 5.02 Å². The minimum atomic E-state index is -3.77. The number of hydrogen-bond acceptors (Lipinski definition) is 3. The van der Waals surface area contributed by atoms with Gasteiger partial charge in [-0.25, -0.2) is 17.2 Å². The molecule has 0 aromatic heterocycles. The Balaban J connectivity index is 2.38. The van der Waals surface area contributed by atoms with E-state index in [1.807, 2.05) is 0 Å². The summed E-state index contributed by atoms with van der Waals surface area (Å²) in [5, 5.41) is -0.00687. The van der Waals surface area contributed by atoms with Crippen molar-refractivity contribution in [1.29, 1.82) is 0 Å². The first kappa shape index (κ1) is 14.7. The van der Waals surface area contributed by atoms with Crippen LogP contribution < -0.4 is 5.73 Å². The normalized spacial score (nSPS) is 11.6. The van der Waals surface area contributed by atoms with Crippen molar-refractivity contribution < 1.29 is 17.2 Å². The number of anilines is 1. The number of hydrogen-bond donors (Lipinski definition) is 1. The van der Waals surface area contributed by atoms with E-state index < -0.39 is 27.2 Å². The fourth-order valence-corrected chi connectivity index (χ4v) is 3.64. The van der Waals surface area contributed by atoms with Crippen LogP contribution in [0, 0.1) is 11.6 Å². The average molecular weight is 318 g/mol. The first-order chi connectivity index (χ1) is 9.29. The number of sulfone groups is 1. The second-order valence-corrected chi connectivity index (χ2v) is 6.56. The van der Waals surface area contributed by atoms with E-state index in [1.54, 1.807) is 0 Å². The van der Waals surface area contributed by atoms with Crippen LogP contribution in [0.5, 0.6) is 0 Å². The highest BCUT2D eigenvalue weighted by atomic mass is 35.5. The van der Waals surface area contributed by atoms with Gasteiger partial charge in [0.25, 0.3) is 0 Å². The van der Waals surface area contributed by atoms with Crippen LogP contribution in [0.15, 0.2) is 41.3 Å². The Morgan fingerprint density at radius 2 is 1.75 bits per heavy atom. The third-order valence-corrected chi connectivity index (χ3v) is 4.80. The average Bonchev–Trinajstić information content (AvgIpc) is 2.33. The van der Waals surface area contributed by atoms with Crippen LogP contribution in [0.25, 0.3) is 0 Å². The van der Waals surface area contributed by atoms with Crippen molar-refractivity contribution in [3.63, 3.8) is 0 Å². The summed E-state index contributed by atoms with van der Waals surface area (Å²) in [7, 11) is -3.77. The second kappa shape index (κ2) is 5.38. The van der Waals surface area contributed by atoms with Crippen molar-refractivity contribution in [2.75, 3.05) is 5.73 Å². The van der Waals surface area contributed by atoms with E-state index in [0.717, 1.165) is 12.1 Å². The monoisotopic (exact) mass is 317 g/mol. The third-order valence-electron chi connectivity index (χ3n) is 2.63. The summed E-state index contributed by atoms with van der Waals surface area (Å²) >= 11 is 5.84. The first-order valence-corrected chi connectivity index (χ1v) is 7.54. The van der Waals surface area contributed by atoms with Gasteiger partial charge in [0.15, 0.2) is 21.5 Å². The van der Waals surface area contributed by atoms with Gasteiger partial charge < -0.3 is 5.73 Å². The Bertz CT molecular complexity index is 763. The lowest BCUT2D eigenvalue weighted by Crippen LogP contribution is -2.06. The number of rotatable bonds is 3. The summed E-state index contributed by atoms with van der Waals surface area (Å²) in [6.45, 7) is 0. The Hall–Kier alpha value is -1.66. The summed E-state index contributed by atoms with van der Waals surface area (Å²) in [6.07, 6.45) is 0. The molecule has 20 heavy (non-hydrogen) atoms. The highest BCUT2D eigenvalue weighted by Gasteiger charge is 2.19. The van der Waals surface area contributed by atoms with E-state index in [2.05, 4.69) is 0 Å². The molecule has 0 atom stereocenters. The molecular formula is C13H10ClF2NO2S. The van der Waals surface area contributed by atoms with Crippen LogP contribution in [0.4, 0.5) is 14.5 Å². The molecule has 106 valence electrons. The molecule has 7 heteroatoms. The minimum Gasteiger partial charge on any atom is -0.399 e. The van der Waals surface area contributed by atoms with E-state index in [0.29, 0.717) is 5.69 Å². The Labute approximate surface area is 119 Å². The molecule has 0 unspecified atom stereocenters. The molecule has 2 aromatic carbocycles. The standard InChI is InChI=1S/C13H10ClF2NO2S/c14-10-6-9(17)2-4-13(10)20(18,19)7-8-1-3-11(15)12(16)5-8/h1-6H,7,17H2. The van der Waals surface area contributed by atoms with Gasteiger partial charge in [0.05, 0.1) is 15.7 Å².